The predicted molar refractivity (Wildman–Crippen MR) is 83.0 cm³/mol. The van der Waals surface area contributed by atoms with Crippen LogP contribution >= 0.6 is 0 Å². The van der Waals surface area contributed by atoms with Crippen LogP contribution in [0.25, 0.3) is 0 Å². The lowest BCUT2D eigenvalue weighted by Gasteiger charge is -2.17. The number of nitrogens with two attached hydrogens (primary N) is 2. The minimum atomic E-state index is -0.178. The molecule has 21 heavy (non-hydrogen) atoms. The van der Waals surface area contributed by atoms with Crippen molar-refractivity contribution in [3.8, 4) is 5.75 Å². The van der Waals surface area contributed by atoms with E-state index in [0.717, 1.165) is 41.9 Å². The first-order valence-electron chi connectivity index (χ1n) is 8.05. The summed E-state index contributed by atoms with van der Waals surface area (Å²) in [5, 5.41) is 0. The summed E-state index contributed by atoms with van der Waals surface area (Å²) in [6.45, 7) is 2.73. The van der Waals surface area contributed by atoms with Crippen LogP contribution in [0.2, 0.25) is 0 Å². The summed E-state index contributed by atoms with van der Waals surface area (Å²) in [6.07, 6.45) is 5.20. The Morgan fingerprint density at radius 2 is 1.81 bits per heavy atom. The van der Waals surface area contributed by atoms with Gasteiger partial charge in [-0.05, 0) is 55.2 Å². The molecule has 2 aliphatic rings. The van der Waals surface area contributed by atoms with Crippen molar-refractivity contribution in [1.82, 2.24) is 0 Å². The first kappa shape index (κ1) is 14.8. The quantitative estimate of drug-likeness (QED) is 0.732. The molecule has 2 saturated carbocycles. The molecule has 0 aromatic heterocycles. The number of benzene rings is 1. The van der Waals surface area contributed by atoms with Crippen LogP contribution in [-0.4, -0.2) is 19.8 Å². The van der Waals surface area contributed by atoms with Gasteiger partial charge in [0.05, 0.1) is 13.2 Å². The molecule has 0 radical (unpaired) electrons. The summed E-state index contributed by atoms with van der Waals surface area (Å²) in [5.74, 6) is 2.40. The molecule has 0 bridgehead atoms. The van der Waals surface area contributed by atoms with Gasteiger partial charge in [-0.3, -0.25) is 0 Å². The lowest BCUT2D eigenvalue weighted by molar-refractivity contribution is 0.111. The van der Waals surface area contributed by atoms with Crippen molar-refractivity contribution in [3.63, 3.8) is 0 Å². The minimum Gasteiger partial charge on any atom is -0.493 e. The van der Waals surface area contributed by atoms with Gasteiger partial charge in [0.2, 0.25) is 0 Å². The summed E-state index contributed by atoms with van der Waals surface area (Å²) in [4.78, 5) is 0. The maximum absolute atomic E-state index is 6.13. The van der Waals surface area contributed by atoms with Gasteiger partial charge < -0.3 is 20.9 Å². The summed E-state index contributed by atoms with van der Waals surface area (Å²) in [6, 6.07) is 6.00. The van der Waals surface area contributed by atoms with Gasteiger partial charge in [0.15, 0.2) is 0 Å². The number of ether oxygens (including phenoxy) is 2. The van der Waals surface area contributed by atoms with Crippen molar-refractivity contribution in [2.75, 3.05) is 19.8 Å². The van der Waals surface area contributed by atoms with E-state index in [4.69, 9.17) is 20.9 Å². The second-order valence-electron chi connectivity index (χ2n) is 6.43. The van der Waals surface area contributed by atoms with Gasteiger partial charge in [-0.15, -0.1) is 0 Å². The highest BCUT2D eigenvalue weighted by molar-refractivity contribution is 5.39. The Kier molecular flexibility index (Phi) is 4.78. The van der Waals surface area contributed by atoms with Gasteiger partial charge in [0.1, 0.15) is 5.75 Å². The Balaban J connectivity index is 1.63. The highest BCUT2D eigenvalue weighted by Gasteiger charge is 2.23. The molecule has 116 valence electrons. The molecule has 1 atom stereocenters. The molecule has 0 spiro atoms. The highest BCUT2D eigenvalue weighted by atomic mass is 16.5. The van der Waals surface area contributed by atoms with E-state index in [1.807, 2.05) is 6.07 Å². The normalized spacial score (nSPS) is 19.5. The zero-order chi connectivity index (χ0) is 14.7. The minimum absolute atomic E-state index is 0.178. The molecule has 0 aliphatic heterocycles. The van der Waals surface area contributed by atoms with Crippen LogP contribution in [0.4, 0.5) is 0 Å². The number of rotatable bonds is 9. The molecule has 0 saturated heterocycles. The second-order valence-corrected chi connectivity index (χ2v) is 6.43. The number of hydrogen-bond donors (Lipinski definition) is 2. The highest BCUT2D eigenvalue weighted by Crippen LogP contribution is 2.32. The van der Waals surface area contributed by atoms with E-state index >= 15 is 0 Å². The topological polar surface area (TPSA) is 70.5 Å². The monoisotopic (exact) mass is 290 g/mol. The summed E-state index contributed by atoms with van der Waals surface area (Å²) in [5.41, 5.74) is 14.0. The molecule has 1 aromatic rings. The van der Waals surface area contributed by atoms with Crippen molar-refractivity contribution in [2.45, 2.75) is 38.3 Å². The standard InChI is InChI=1S/C17H26N2O2/c18-8-16(19)15-7-14(10-20-9-12-1-2-12)5-6-17(15)21-11-13-3-4-13/h5-7,12-13,16H,1-4,8-11,18-19H2. The van der Waals surface area contributed by atoms with Gasteiger partial charge in [-0.25, -0.2) is 0 Å². The second kappa shape index (κ2) is 6.77. The van der Waals surface area contributed by atoms with Crippen LogP contribution in [0.1, 0.15) is 42.9 Å². The first-order chi connectivity index (χ1) is 10.3. The van der Waals surface area contributed by atoms with Gasteiger partial charge in [0.25, 0.3) is 0 Å². The molecule has 0 heterocycles. The Morgan fingerprint density at radius 1 is 1.10 bits per heavy atom. The molecule has 1 unspecified atom stereocenters. The lowest BCUT2D eigenvalue weighted by atomic mass is 10.0. The third-order valence-electron chi connectivity index (χ3n) is 4.22. The lowest BCUT2D eigenvalue weighted by Crippen LogP contribution is -2.22. The van der Waals surface area contributed by atoms with Crippen molar-refractivity contribution in [1.29, 1.82) is 0 Å². The van der Waals surface area contributed by atoms with Crippen molar-refractivity contribution < 1.29 is 9.47 Å². The van der Waals surface area contributed by atoms with E-state index in [-0.39, 0.29) is 6.04 Å². The first-order valence-corrected chi connectivity index (χ1v) is 8.05. The molecule has 0 amide bonds. The summed E-state index contributed by atoms with van der Waals surface area (Å²) >= 11 is 0. The predicted octanol–water partition coefficient (Wildman–Crippen LogP) is 2.36. The van der Waals surface area contributed by atoms with Crippen LogP contribution in [0.5, 0.6) is 5.75 Å². The van der Waals surface area contributed by atoms with Crippen molar-refractivity contribution >= 4 is 0 Å². The van der Waals surface area contributed by atoms with E-state index in [1.165, 1.54) is 25.7 Å². The molecule has 4 nitrogen and oxygen atoms in total. The Hall–Kier alpha value is -1.10. The third kappa shape index (κ3) is 4.43. The number of hydrogen-bond acceptors (Lipinski definition) is 4. The molecule has 3 rings (SSSR count). The van der Waals surface area contributed by atoms with Crippen LogP contribution in [0, 0.1) is 11.8 Å². The van der Waals surface area contributed by atoms with E-state index in [2.05, 4.69) is 12.1 Å². The average Bonchev–Trinajstić information content (AvgIpc) is 3.38. The van der Waals surface area contributed by atoms with E-state index in [1.54, 1.807) is 0 Å². The third-order valence-corrected chi connectivity index (χ3v) is 4.22. The largest absolute Gasteiger partial charge is 0.493 e. The van der Waals surface area contributed by atoms with Gasteiger partial charge >= 0.3 is 0 Å². The Bertz CT molecular complexity index is 470. The van der Waals surface area contributed by atoms with Crippen LogP contribution < -0.4 is 16.2 Å². The van der Waals surface area contributed by atoms with E-state index in [9.17, 15) is 0 Å². The fourth-order valence-corrected chi connectivity index (χ4v) is 2.36. The smallest absolute Gasteiger partial charge is 0.124 e. The van der Waals surface area contributed by atoms with Crippen LogP contribution in [0.15, 0.2) is 18.2 Å². The van der Waals surface area contributed by atoms with Gasteiger partial charge in [-0.2, -0.15) is 0 Å². The Labute approximate surface area is 126 Å². The maximum atomic E-state index is 6.13. The molecule has 2 aliphatic carbocycles. The summed E-state index contributed by atoms with van der Waals surface area (Å²) in [7, 11) is 0. The van der Waals surface area contributed by atoms with E-state index in [0.29, 0.717) is 13.2 Å². The fraction of sp³-hybridized carbons (Fsp3) is 0.647. The van der Waals surface area contributed by atoms with Gasteiger partial charge in [0, 0.05) is 24.8 Å². The molecular weight excluding hydrogens is 264 g/mol. The zero-order valence-corrected chi connectivity index (χ0v) is 12.6. The SMILES string of the molecule is NCC(N)c1cc(COCC2CC2)ccc1OCC1CC1. The molecule has 2 fully saturated rings. The summed E-state index contributed by atoms with van der Waals surface area (Å²) < 4.78 is 11.7. The molecule has 4 N–H and O–H groups in total. The molecular formula is C17H26N2O2. The maximum Gasteiger partial charge on any atom is 0.124 e. The van der Waals surface area contributed by atoms with Crippen molar-refractivity contribution in [2.24, 2.45) is 23.3 Å². The van der Waals surface area contributed by atoms with E-state index < -0.39 is 0 Å². The van der Waals surface area contributed by atoms with Crippen LogP contribution in [-0.2, 0) is 11.3 Å². The average molecular weight is 290 g/mol. The molecule has 4 heteroatoms. The van der Waals surface area contributed by atoms with Crippen molar-refractivity contribution in [3.05, 3.63) is 29.3 Å². The van der Waals surface area contributed by atoms with Crippen LogP contribution in [0.3, 0.4) is 0 Å². The fourth-order valence-electron chi connectivity index (χ4n) is 2.36. The van der Waals surface area contributed by atoms with Gasteiger partial charge in [-0.1, -0.05) is 6.07 Å². The zero-order valence-electron chi connectivity index (χ0n) is 12.6. The Morgan fingerprint density at radius 3 is 2.48 bits per heavy atom. The molecule has 1 aromatic carbocycles.